The Morgan fingerprint density at radius 1 is 1.17 bits per heavy atom. The number of fused-ring (bicyclic) bond motifs is 1. The first kappa shape index (κ1) is 16.6. The van der Waals surface area contributed by atoms with Gasteiger partial charge in [0.25, 0.3) is 0 Å². The topological polar surface area (TPSA) is 60.0 Å². The Labute approximate surface area is 142 Å². The highest BCUT2D eigenvalue weighted by Gasteiger charge is 2.18. The van der Waals surface area contributed by atoms with Gasteiger partial charge in [0.15, 0.2) is 11.5 Å². The number of aliphatic hydroxyl groups is 1. The molecular formula is C19H23NO4. The molecule has 1 atom stereocenters. The molecule has 2 aromatic carbocycles. The summed E-state index contributed by atoms with van der Waals surface area (Å²) < 4.78 is 16.6. The zero-order valence-corrected chi connectivity index (χ0v) is 14.0. The molecule has 24 heavy (non-hydrogen) atoms. The van der Waals surface area contributed by atoms with E-state index in [9.17, 15) is 5.11 Å². The van der Waals surface area contributed by atoms with Crippen molar-refractivity contribution in [3.05, 3.63) is 53.1 Å². The van der Waals surface area contributed by atoms with Gasteiger partial charge in [-0.1, -0.05) is 29.8 Å². The molecule has 0 aromatic heterocycles. The second-order valence-corrected chi connectivity index (χ2v) is 5.88. The molecule has 0 amide bonds. The van der Waals surface area contributed by atoms with Gasteiger partial charge in [0.05, 0.1) is 13.2 Å². The fraction of sp³-hybridized carbons (Fsp3) is 0.368. The Balaban J connectivity index is 1.61. The normalized spacial score (nSPS) is 14.3. The molecule has 1 aliphatic rings. The summed E-state index contributed by atoms with van der Waals surface area (Å²) in [6.45, 7) is 4.18. The first-order valence-electron chi connectivity index (χ1n) is 8.09. The summed E-state index contributed by atoms with van der Waals surface area (Å²) in [5.74, 6) is 2.03. The minimum absolute atomic E-state index is 0.472. The van der Waals surface area contributed by atoms with E-state index in [4.69, 9.17) is 14.2 Å². The Morgan fingerprint density at radius 3 is 2.67 bits per heavy atom. The van der Waals surface area contributed by atoms with Crippen molar-refractivity contribution in [2.75, 3.05) is 26.9 Å². The fourth-order valence-electron chi connectivity index (χ4n) is 2.69. The van der Waals surface area contributed by atoms with Gasteiger partial charge in [-0.25, -0.2) is 0 Å². The second-order valence-electron chi connectivity index (χ2n) is 5.88. The third kappa shape index (κ3) is 3.80. The molecule has 0 saturated heterocycles. The van der Waals surface area contributed by atoms with Crippen LogP contribution in [0.5, 0.6) is 17.2 Å². The smallest absolute Gasteiger partial charge is 0.203 e. The van der Waals surface area contributed by atoms with Crippen molar-refractivity contribution in [3.8, 4) is 17.2 Å². The maximum Gasteiger partial charge on any atom is 0.203 e. The number of nitrogens with one attached hydrogen (secondary N) is 1. The maximum atomic E-state index is 10.3. The zero-order valence-electron chi connectivity index (χ0n) is 14.0. The fourth-order valence-corrected chi connectivity index (χ4v) is 2.69. The van der Waals surface area contributed by atoms with Crippen LogP contribution in [-0.2, 0) is 6.54 Å². The summed E-state index contributed by atoms with van der Waals surface area (Å²) in [7, 11) is 1.62. The third-order valence-electron chi connectivity index (χ3n) is 4.02. The first-order valence-corrected chi connectivity index (χ1v) is 8.09. The minimum atomic E-state index is -0.537. The lowest BCUT2D eigenvalue weighted by Crippen LogP contribution is -2.21. The molecule has 1 aliphatic heterocycles. The number of benzene rings is 2. The lowest BCUT2D eigenvalue weighted by Gasteiger charge is -2.21. The highest BCUT2D eigenvalue weighted by atomic mass is 16.6. The van der Waals surface area contributed by atoms with E-state index in [2.05, 4.69) is 5.32 Å². The molecular weight excluding hydrogens is 306 g/mol. The Morgan fingerprint density at radius 2 is 1.92 bits per heavy atom. The molecule has 5 nitrogen and oxygen atoms in total. The van der Waals surface area contributed by atoms with Gasteiger partial charge in [0, 0.05) is 13.1 Å². The summed E-state index contributed by atoms with van der Waals surface area (Å²) in [6, 6.07) is 11.8. The van der Waals surface area contributed by atoms with E-state index in [-0.39, 0.29) is 0 Å². The van der Waals surface area contributed by atoms with Gasteiger partial charge < -0.3 is 24.6 Å². The average molecular weight is 329 g/mol. The van der Waals surface area contributed by atoms with Gasteiger partial charge in [-0.05, 0) is 30.2 Å². The molecule has 0 spiro atoms. The van der Waals surface area contributed by atoms with Crippen molar-refractivity contribution in [2.24, 2.45) is 0 Å². The van der Waals surface area contributed by atoms with Crippen molar-refractivity contribution >= 4 is 0 Å². The van der Waals surface area contributed by atoms with Crippen molar-refractivity contribution in [2.45, 2.75) is 19.6 Å². The molecule has 0 aliphatic carbocycles. The van der Waals surface area contributed by atoms with Crippen LogP contribution in [0, 0.1) is 6.92 Å². The van der Waals surface area contributed by atoms with E-state index >= 15 is 0 Å². The number of aryl methyl sites for hydroxylation is 1. The van der Waals surface area contributed by atoms with E-state index in [1.807, 2.05) is 43.3 Å². The Bertz CT molecular complexity index is 667. The SMILES string of the molecule is COc1cc(CNC[C@@H](O)c2ccc(C)cc2)cc2c1OCCO2. The van der Waals surface area contributed by atoms with Gasteiger partial charge in [0.1, 0.15) is 13.2 Å². The first-order chi connectivity index (χ1) is 11.7. The lowest BCUT2D eigenvalue weighted by molar-refractivity contribution is 0.164. The van der Waals surface area contributed by atoms with E-state index in [0.717, 1.165) is 11.1 Å². The Kier molecular flexibility index (Phi) is 5.23. The summed E-state index contributed by atoms with van der Waals surface area (Å²) in [4.78, 5) is 0. The van der Waals surface area contributed by atoms with Gasteiger partial charge in [-0.3, -0.25) is 0 Å². The lowest BCUT2D eigenvalue weighted by atomic mass is 10.1. The number of rotatable bonds is 6. The number of hydrogen-bond donors (Lipinski definition) is 2. The number of hydrogen-bond acceptors (Lipinski definition) is 5. The van der Waals surface area contributed by atoms with Gasteiger partial charge in [-0.15, -0.1) is 0 Å². The van der Waals surface area contributed by atoms with Crippen LogP contribution in [0.2, 0.25) is 0 Å². The summed E-state index contributed by atoms with van der Waals surface area (Å²) >= 11 is 0. The number of ether oxygens (including phenoxy) is 3. The molecule has 0 saturated carbocycles. The molecule has 0 bridgehead atoms. The molecule has 0 fully saturated rings. The molecule has 0 unspecified atom stereocenters. The average Bonchev–Trinajstić information content (AvgIpc) is 2.61. The highest BCUT2D eigenvalue weighted by molar-refractivity contribution is 5.54. The van der Waals surface area contributed by atoms with Crippen molar-refractivity contribution in [1.82, 2.24) is 5.32 Å². The van der Waals surface area contributed by atoms with Crippen LogP contribution >= 0.6 is 0 Å². The molecule has 2 aromatic rings. The summed E-state index contributed by atoms with van der Waals surface area (Å²) in [5, 5.41) is 13.5. The monoisotopic (exact) mass is 329 g/mol. The van der Waals surface area contributed by atoms with Crippen LogP contribution in [-0.4, -0.2) is 32.0 Å². The van der Waals surface area contributed by atoms with Gasteiger partial charge in [-0.2, -0.15) is 0 Å². The summed E-state index contributed by atoms with van der Waals surface area (Å²) in [5.41, 5.74) is 3.11. The number of aliphatic hydroxyl groups excluding tert-OH is 1. The van der Waals surface area contributed by atoms with Crippen molar-refractivity contribution in [1.29, 1.82) is 0 Å². The molecule has 2 N–H and O–H groups in total. The highest BCUT2D eigenvalue weighted by Crippen LogP contribution is 2.40. The van der Waals surface area contributed by atoms with Gasteiger partial charge in [0.2, 0.25) is 5.75 Å². The van der Waals surface area contributed by atoms with Crippen molar-refractivity contribution < 1.29 is 19.3 Å². The molecule has 0 radical (unpaired) electrons. The van der Waals surface area contributed by atoms with E-state index in [1.54, 1.807) is 7.11 Å². The van der Waals surface area contributed by atoms with Crippen LogP contribution in [0.1, 0.15) is 22.8 Å². The maximum absolute atomic E-state index is 10.3. The van der Waals surface area contributed by atoms with Crippen LogP contribution in [0.25, 0.3) is 0 Å². The summed E-state index contributed by atoms with van der Waals surface area (Å²) in [6.07, 6.45) is -0.537. The molecule has 3 rings (SSSR count). The minimum Gasteiger partial charge on any atom is -0.493 e. The largest absolute Gasteiger partial charge is 0.493 e. The predicted molar refractivity (Wildman–Crippen MR) is 91.8 cm³/mol. The quantitative estimate of drug-likeness (QED) is 0.853. The van der Waals surface area contributed by atoms with Crippen LogP contribution < -0.4 is 19.5 Å². The molecule has 128 valence electrons. The second kappa shape index (κ2) is 7.55. The molecule has 1 heterocycles. The standard InChI is InChI=1S/C19H23NO4/c1-13-3-5-15(6-4-13)16(21)12-20-11-14-9-17(22-2)19-18(10-14)23-7-8-24-19/h3-6,9-10,16,20-21H,7-8,11-12H2,1-2H3/t16-/m1/s1. The molecule has 5 heteroatoms. The van der Waals surface area contributed by atoms with E-state index in [0.29, 0.717) is 43.6 Å². The zero-order chi connectivity index (χ0) is 16.9. The van der Waals surface area contributed by atoms with Crippen LogP contribution in [0.15, 0.2) is 36.4 Å². The van der Waals surface area contributed by atoms with Crippen molar-refractivity contribution in [3.63, 3.8) is 0 Å². The third-order valence-corrected chi connectivity index (χ3v) is 4.02. The van der Waals surface area contributed by atoms with E-state index in [1.165, 1.54) is 5.56 Å². The Hall–Kier alpha value is -2.24. The number of methoxy groups -OCH3 is 1. The predicted octanol–water partition coefficient (Wildman–Crippen LogP) is 2.60. The van der Waals surface area contributed by atoms with Crippen LogP contribution in [0.4, 0.5) is 0 Å². The van der Waals surface area contributed by atoms with Gasteiger partial charge >= 0.3 is 0 Å². The van der Waals surface area contributed by atoms with Crippen LogP contribution in [0.3, 0.4) is 0 Å². The van der Waals surface area contributed by atoms with E-state index < -0.39 is 6.10 Å².